The van der Waals surface area contributed by atoms with E-state index in [0.29, 0.717) is 5.03 Å². The van der Waals surface area contributed by atoms with E-state index in [4.69, 9.17) is 16.6 Å². The first kappa shape index (κ1) is 18.9. The van der Waals surface area contributed by atoms with Gasteiger partial charge < -0.3 is 0 Å². The van der Waals surface area contributed by atoms with Crippen molar-refractivity contribution in [2.45, 2.75) is 13.0 Å². The molecule has 0 heterocycles. The first-order valence-corrected chi connectivity index (χ1v) is 9.30. The molecule has 1 atom stereocenters. The Kier molecular flexibility index (Phi) is 6.40. The van der Waals surface area contributed by atoms with Crippen molar-refractivity contribution in [1.29, 1.82) is 0 Å². The van der Waals surface area contributed by atoms with Gasteiger partial charge in [0.15, 0.2) is 0 Å². The third kappa shape index (κ3) is 5.06. The zero-order chi connectivity index (χ0) is 19.1. The molecule has 3 aromatic carbocycles. The average molecular weight is 372 g/mol. The van der Waals surface area contributed by atoms with Gasteiger partial charge in [0.05, 0.1) is 11.8 Å². The monoisotopic (exact) mass is 371 g/mol. The summed E-state index contributed by atoms with van der Waals surface area (Å²) in [5.74, 6) is 0. The molecule has 0 bridgehead atoms. The molecule has 0 amide bonds. The van der Waals surface area contributed by atoms with Gasteiger partial charge in [0.25, 0.3) is 0 Å². The first-order valence-electron chi connectivity index (χ1n) is 8.92. The minimum absolute atomic E-state index is 0.123. The zero-order valence-electron chi connectivity index (χ0n) is 15.3. The number of benzene rings is 3. The standard InChI is InChI=1S/C25H22ClN/c1-3-24(22-12-8-5-9-13-22)27-25(18-19(2)26)23-16-14-21(15-17-23)20-10-6-4-7-11-20/h3-18,24H,1H2,2H3/b19-18+,27-25+. The minimum atomic E-state index is -0.123. The van der Waals surface area contributed by atoms with Crippen molar-refractivity contribution in [3.63, 3.8) is 0 Å². The Bertz CT molecular complexity index is 935. The lowest BCUT2D eigenvalue weighted by atomic mass is 10.0. The highest BCUT2D eigenvalue weighted by Gasteiger charge is 2.09. The third-order valence-corrected chi connectivity index (χ3v) is 4.38. The highest BCUT2D eigenvalue weighted by atomic mass is 35.5. The van der Waals surface area contributed by atoms with E-state index in [1.54, 1.807) is 0 Å². The second kappa shape index (κ2) is 9.16. The molecule has 1 nitrogen and oxygen atoms in total. The number of rotatable bonds is 6. The van der Waals surface area contributed by atoms with E-state index >= 15 is 0 Å². The lowest BCUT2D eigenvalue weighted by molar-refractivity contribution is 0.916. The predicted octanol–water partition coefficient (Wildman–Crippen LogP) is 7.21. The van der Waals surface area contributed by atoms with Gasteiger partial charge in [0.2, 0.25) is 0 Å². The maximum atomic E-state index is 6.18. The molecule has 0 aromatic heterocycles. The van der Waals surface area contributed by atoms with Gasteiger partial charge >= 0.3 is 0 Å². The molecule has 3 aromatic rings. The summed E-state index contributed by atoms with van der Waals surface area (Å²) in [5.41, 5.74) is 5.34. The number of allylic oxidation sites excluding steroid dienone is 2. The summed E-state index contributed by atoms with van der Waals surface area (Å²) in [6, 6.07) is 28.7. The fourth-order valence-corrected chi connectivity index (χ4v) is 3.01. The van der Waals surface area contributed by atoms with E-state index in [-0.39, 0.29) is 6.04 Å². The van der Waals surface area contributed by atoms with Crippen LogP contribution in [0.1, 0.15) is 24.1 Å². The molecular formula is C25H22ClN. The van der Waals surface area contributed by atoms with E-state index in [1.807, 2.05) is 55.5 Å². The molecule has 0 aliphatic heterocycles. The van der Waals surface area contributed by atoms with E-state index in [0.717, 1.165) is 16.8 Å². The number of hydrogen-bond acceptors (Lipinski definition) is 1. The van der Waals surface area contributed by atoms with Crippen molar-refractivity contribution in [3.05, 3.63) is 120 Å². The molecule has 0 saturated heterocycles. The Balaban J connectivity index is 1.97. The van der Waals surface area contributed by atoms with Gasteiger partial charge in [-0.25, -0.2) is 0 Å². The summed E-state index contributed by atoms with van der Waals surface area (Å²) < 4.78 is 0. The zero-order valence-corrected chi connectivity index (χ0v) is 16.1. The van der Waals surface area contributed by atoms with Crippen LogP contribution in [0, 0.1) is 0 Å². The molecule has 134 valence electrons. The summed E-state index contributed by atoms with van der Waals surface area (Å²) in [4.78, 5) is 4.92. The fraction of sp³-hybridized carbons (Fsp3) is 0.0800. The van der Waals surface area contributed by atoms with Crippen molar-refractivity contribution in [2.24, 2.45) is 4.99 Å². The van der Waals surface area contributed by atoms with Crippen molar-refractivity contribution < 1.29 is 0 Å². The van der Waals surface area contributed by atoms with Crippen LogP contribution in [0.3, 0.4) is 0 Å². The Morgan fingerprint density at radius 3 is 1.96 bits per heavy atom. The van der Waals surface area contributed by atoms with Crippen LogP contribution in [0.25, 0.3) is 11.1 Å². The van der Waals surface area contributed by atoms with E-state index < -0.39 is 0 Å². The maximum absolute atomic E-state index is 6.18. The summed E-state index contributed by atoms with van der Waals surface area (Å²) in [7, 11) is 0. The van der Waals surface area contributed by atoms with Gasteiger partial charge in [-0.2, -0.15) is 0 Å². The van der Waals surface area contributed by atoms with Crippen molar-refractivity contribution >= 4 is 17.3 Å². The Morgan fingerprint density at radius 2 is 1.41 bits per heavy atom. The quantitative estimate of drug-likeness (QED) is 0.320. The van der Waals surface area contributed by atoms with Gasteiger partial charge in [-0.05, 0) is 35.3 Å². The predicted molar refractivity (Wildman–Crippen MR) is 117 cm³/mol. The number of nitrogens with zero attached hydrogens (tertiary/aromatic N) is 1. The second-order valence-corrected chi connectivity index (χ2v) is 6.88. The van der Waals surface area contributed by atoms with Crippen LogP contribution < -0.4 is 0 Å². The molecule has 2 heteroatoms. The van der Waals surface area contributed by atoms with Crippen molar-refractivity contribution in [1.82, 2.24) is 0 Å². The summed E-state index contributed by atoms with van der Waals surface area (Å²) in [6.45, 7) is 5.82. The Hall–Kier alpha value is -2.90. The molecule has 27 heavy (non-hydrogen) atoms. The van der Waals surface area contributed by atoms with Crippen molar-refractivity contribution in [3.8, 4) is 11.1 Å². The summed E-state index contributed by atoms with van der Waals surface area (Å²) in [6.07, 6.45) is 3.75. The molecule has 0 spiro atoms. The summed E-state index contributed by atoms with van der Waals surface area (Å²) in [5, 5.41) is 0.691. The number of halogens is 1. The van der Waals surface area contributed by atoms with Crippen LogP contribution in [0.5, 0.6) is 0 Å². The van der Waals surface area contributed by atoms with E-state index in [9.17, 15) is 0 Å². The van der Waals surface area contributed by atoms with Gasteiger partial charge in [-0.3, -0.25) is 4.99 Å². The van der Waals surface area contributed by atoms with Crippen LogP contribution in [0.4, 0.5) is 0 Å². The molecule has 0 fully saturated rings. The normalized spacial score (nSPS) is 13.3. The highest BCUT2D eigenvalue weighted by Crippen LogP contribution is 2.23. The second-order valence-electron chi connectivity index (χ2n) is 6.28. The van der Waals surface area contributed by atoms with Gasteiger partial charge in [0, 0.05) is 5.03 Å². The number of aliphatic imine (C=N–C) groups is 1. The van der Waals surface area contributed by atoms with Gasteiger partial charge in [0.1, 0.15) is 0 Å². The first-order chi connectivity index (χ1) is 13.2. The summed E-state index contributed by atoms with van der Waals surface area (Å²) >= 11 is 6.18. The SMILES string of the molecule is C=CC(/N=C(\C=C(/C)Cl)c1ccc(-c2ccccc2)cc1)c1ccccc1. The topological polar surface area (TPSA) is 12.4 Å². The molecular weight excluding hydrogens is 350 g/mol. The minimum Gasteiger partial charge on any atom is -0.272 e. The van der Waals surface area contributed by atoms with E-state index in [1.165, 1.54) is 11.1 Å². The molecule has 0 saturated carbocycles. The van der Waals surface area contributed by atoms with Crippen molar-refractivity contribution in [2.75, 3.05) is 0 Å². The maximum Gasteiger partial charge on any atom is 0.0935 e. The van der Waals surface area contributed by atoms with Gasteiger partial charge in [-0.1, -0.05) is 103 Å². The van der Waals surface area contributed by atoms with Gasteiger partial charge in [-0.15, -0.1) is 6.58 Å². The van der Waals surface area contributed by atoms with Crippen LogP contribution in [0.2, 0.25) is 0 Å². The molecule has 3 rings (SSSR count). The molecule has 0 aliphatic rings. The van der Waals surface area contributed by atoms with Crippen LogP contribution >= 0.6 is 11.6 Å². The number of hydrogen-bond donors (Lipinski definition) is 0. The molecule has 0 radical (unpaired) electrons. The largest absolute Gasteiger partial charge is 0.272 e. The lowest BCUT2D eigenvalue weighted by Crippen LogP contribution is -2.02. The van der Waals surface area contributed by atoms with Crippen LogP contribution in [-0.2, 0) is 0 Å². The fourth-order valence-electron chi connectivity index (χ4n) is 2.91. The average Bonchev–Trinajstić information content (AvgIpc) is 2.72. The van der Waals surface area contributed by atoms with Crippen LogP contribution in [0.15, 0.2) is 114 Å². The highest BCUT2D eigenvalue weighted by molar-refractivity contribution is 6.31. The third-order valence-electron chi connectivity index (χ3n) is 4.27. The molecule has 0 N–H and O–H groups in total. The lowest BCUT2D eigenvalue weighted by Gasteiger charge is -2.12. The van der Waals surface area contributed by atoms with E-state index in [2.05, 4.69) is 55.1 Å². The smallest absolute Gasteiger partial charge is 0.0935 e. The van der Waals surface area contributed by atoms with Crippen LogP contribution in [-0.4, -0.2) is 5.71 Å². The Labute approximate surface area is 166 Å². The Morgan fingerprint density at radius 1 is 0.852 bits per heavy atom. The molecule has 0 aliphatic carbocycles. The molecule has 1 unspecified atom stereocenters.